The van der Waals surface area contributed by atoms with E-state index in [4.69, 9.17) is 0 Å². The van der Waals surface area contributed by atoms with Crippen molar-refractivity contribution in [3.8, 4) is 0 Å². The van der Waals surface area contributed by atoms with Gasteiger partial charge in [-0.3, -0.25) is 14.3 Å². The molecule has 0 aliphatic rings. The molecule has 0 saturated heterocycles. The molecule has 3 aromatic rings. The van der Waals surface area contributed by atoms with Crippen LogP contribution in [0.3, 0.4) is 0 Å². The van der Waals surface area contributed by atoms with E-state index in [0.29, 0.717) is 23.2 Å². The Morgan fingerprint density at radius 3 is 2.30 bits per heavy atom. The van der Waals surface area contributed by atoms with E-state index in [2.05, 4.69) is 10.4 Å². The predicted molar refractivity (Wildman–Crippen MR) is 105 cm³/mol. The molecule has 0 bridgehead atoms. The SMILES string of the molecule is CCn1ncc(CNC(=O)c2ccccc2C(=O)c2ccc(C)cc2)c1C. The summed E-state index contributed by atoms with van der Waals surface area (Å²) in [6.45, 7) is 7.13. The van der Waals surface area contributed by atoms with E-state index in [-0.39, 0.29) is 11.7 Å². The molecule has 27 heavy (non-hydrogen) atoms. The molecule has 1 N–H and O–H groups in total. The van der Waals surface area contributed by atoms with Crippen molar-refractivity contribution in [1.29, 1.82) is 0 Å². The molecule has 1 heterocycles. The molecule has 1 amide bonds. The van der Waals surface area contributed by atoms with E-state index in [1.807, 2.05) is 37.6 Å². The van der Waals surface area contributed by atoms with Gasteiger partial charge in [-0.15, -0.1) is 0 Å². The normalized spacial score (nSPS) is 10.6. The van der Waals surface area contributed by atoms with Crippen LogP contribution in [0.1, 0.15) is 50.0 Å². The minimum absolute atomic E-state index is 0.157. The average molecular weight is 361 g/mol. The summed E-state index contributed by atoms with van der Waals surface area (Å²) in [6, 6.07) is 14.3. The number of hydrogen-bond donors (Lipinski definition) is 1. The van der Waals surface area contributed by atoms with Crippen LogP contribution >= 0.6 is 0 Å². The topological polar surface area (TPSA) is 64.0 Å². The van der Waals surface area contributed by atoms with Crippen LogP contribution in [0.4, 0.5) is 0 Å². The molecular weight excluding hydrogens is 338 g/mol. The number of amides is 1. The molecule has 138 valence electrons. The summed E-state index contributed by atoms with van der Waals surface area (Å²) in [4.78, 5) is 25.6. The van der Waals surface area contributed by atoms with Crippen molar-refractivity contribution in [2.45, 2.75) is 33.9 Å². The Bertz CT molecular complexity index is 971. The lowest BCUT2D eigenvalue weighted by Gasteiger charge is -2.10. The van der Waals surface area contributed by atoms with Gasteiger partial charge in [-0.05, 0) is 26.8 Å². The molecule has 5 nitrogen and oxygen atoms in total. The second-order valence-corrected chi connectivity index (χ2v) is 6.49. The summed E-state index contributed by atoms with van der Waals surface area (Å²) in [7, 11) is 0. The average Bonchev–Trinajstić information content (AvgIpc) is 3.05. The zero-order valence-corrected chi connectivity index (χ0v) is 15.8. The Morgan fingerprint density at radius 1 is 1.00 bits per heavy atom. The van der Waals surface area contributed by atoms with Crippen LogP contribution < -0.4 is 5.32 Å². The summed E-state index contributed by atoms with van der Waals surface area (Å²) in [5, 5.41) is 7.19. The van der Waals surface area contributed by atoms with Crippen LogP contribution in [-0.4, -0.2) is 21.5 Å². The highest BCUT2D eigenvalue weighted by Gasteiger charge is 2.18. The first kappa shape index (κ1) is 18.6. The Hall–Kier alpha value is -3.21. The van der Waals surface area contributed by atoms with Gasteiger partial charge in [0.15, 0.2) is 5.78 Å². The second kappa shape index (κ2) is 7.99. The largest absolute Gasteiger partial charge is 0.348 e. The zero-order chi connectivity index (χ0) is 19.4. The van der Waals surface area contributed by atoms with Gasteiger partial charge in [-0.25, -0.2) is 0 Å². The number of carbonyl (C=O) groups is 2. The molecule has 0 radical (unpaired) electrons. The molecule has 1 aromatic heterocycles. The van der Waals surface area contributed by atoms with Crippen molar-refractivity contribution in [3.63, 3.8) is 0 Å². The highest BCUT2D eigenvalue weighted by molar-refractivity contribution is 6.15. The minimum Gasteiger partial charge on any atom is -0.348 e. The molecule has 0 atom stereocenters. The van der Waals surface area contributed by atoms with Crippen LogP contribution in [0.15, 0.2) is 54.7 Å². The zero-order valence-electron chi connectivity index (χ0n) is 15.8. The van der Waals surface area contributed by atoms with Crippen molar-refractivity contribution in [2.24, 2.45) is 0 Å². The molecule has 3 rings (SSSR count). The molecule has 5 heteroatoms. The van der Waals surface area contributed by atoms with Gasteiger partial charge in [0, 0.05) is 35.5 Å². The van der Waals surface area contributed by atoms with E-state index >= 15 is 0 Å². The summed E-state index contributed by atoms with van der Waals surface area (Å²) in [5.74, 6) is -0.426. The molecular formula is C22H23N3O2. The summed E-state index contributed by atoms with van der Waals surface area (Å²) in [6.07, 6.45) is 1.77. The summed E-state index contributed by atoms with van der Waals surface area (Å²) >= 11 is 0. The first-order valence-electron chi connectivity index (χ1n) is 9.01. The van der Waals surface area contributed by atoms with Gasteiger partial charge in [0.1, 0.15) is 0 Å². The molecule has 0 unspecified atom stereocenters. The van der Waals surface area contributed by atoms with Crippen molar-refractivity contribution in [1.82, 2.24) is 15.1 Å². The van der Waals surface area contributed by atoms with Gasteiger partial charge >= 0.3 is 0 Å². The lowest BCUT2D eigenvalue weighted by molar-refractivity contribution is 0.0939. The maximum atomic E-state index is 12.9. The number of rotatable bonds is 6. The third kappa shape index (κ3) is 3.97. The Balaban J connectivity index is 1.80. The van der Waals surface area contributed by atoms with Crippen molar-refractivity contribution >= 4 is 11.7 Å². The third-order valence-corrected chi connectivity index (χ3v) is 4.67. The maximum Gasteiger partial charge on any atom is 0.252 e. The molecule has 0 aliphatic heterocycles. The van der Waals surface area contributed by atoms with E-state index < -0.39 is 0 Å². The smallest absolute Gasteiger partial charge is 0.252 e. The Morgan fingerprint density at radius 2 is 1.67 bits per heavy atom. The lowest BCUT2D eigenvalue weighted by Crippen LogP contribution is -2.25. The highest BCUT2D eigenvalue weighted by atomic mass is 16.2. The number of hydrogen-bond acceptors (Lipinski definition) is 3. The molecule has 0 spiro atoms. The van der Waals surface area contributed by atoms with Gasteiger partial charge in [-0.1, -0.05) is 48.0 Å². The number of ketones is 1. The quantitative estimate of drug-likeness (QED) is 0.681. The van der Waals surface area contributed by atoms with E-state index in [9.17, 15) is 9.59 Å². The fourth-order valence-corrected chi connectivity index (χ4v) is 2.99. The molecule has 0 aliphatic carbocycles. The minimum atomic E-state index is -0.269. The number of benzene rings is 2. The van der Waals surface area contributed by atoms with Crippen LogP contribution in [0.5, 0.6) is 0 Å². The number of nitrogens with one attached hydrogen (secondary N) is 1. The monoisotopic (exact) mass is 361 g/mol. The van der Waals surface area contributed by atoms with Crippen molar-refractivity contribution in [3.05, 3.63) is 88.2 Å². The highest BCUT2D eigenvalue weighted by Crippen LogP contribution is 2.16. The van der Waals surface area contributed by atoms with E-state index in [0.717, 1.165) is 23.4 Å². The fourth-order valence-electron chi connectivity index (χ4n) is 2.99. The maximum absolute atomic E-state index is 12.9. The van der Waals surface area contributed by atoms with Gasteiger partial charge in [0.05, 0.1) is 11.8 Å². The van der Waals surface area contributed by atoms with Crippen LogP contribution in [0.2, 0.25) is 0 Å². The number of nitrogens with zero attached hydrogens (tertiary/aromatic N) is 2. The summed E-state index contributed by atoms with van der Waals surface area (Å²) < 4.78 is 1.89. The summed E-state index contributed by atoms with van der Waals surface area (Å²) in [5.41, 5.74) is 4.43. The number of aromatic nitrogens is 2. The first-order chi connectivity index (χ1) is 13.0. The number of carbonyl (C=O) groups excluding carboxylic acids is 2. The van der Waals surface area contributed by atoms with E-state index in [1.54, 1.807) is 42.6 Å². The van der Waals surface area contributed by atoms with Gasteiger partial charge in [0.25, 0.3) is 5.91 Å². The standard InChI is InChI=1S/C22H23N3O2/c1-4-25-16(3)18(14-24-25)13-23-22(27)20-8-6-5-7-19(20)21(26)17-11-9-15(2)10-12-17/h5-12,14H,4,13H2,1-3H3,(H,23,27). The first-order valence-corrected chi connectivity index (χ1v) is 9.01. The molecule has 0 fully saturated rings. The lowest BCUT2D eigenvalue weighted by atomic mass is 9.97. The van der Waals surface area contributed by atoms with E-state index in [1.165, 1.54) is 0 Å². The van der Waals surface area contributed by atoms with Crippen molar-refractivity contribution in [2.75, 3.05) is 0 Å². The van der Waals surface area contributed by atoms with Crippen LogP contribution in [-0.2, 0) is 13.1 Å². The Labute approximate surface area is 159 Å². The third-order valence-electron chi connectivity index (χ3n) is 4.67. The van der Waals surface area contributed by atoms with Gasteiger partial charge in [0.2, 0.25) is 0 Å². The van der Waals surface area contributed by atoms with Crippen LogP contribution in [0.25, 0.3) is 0 Å². The number of aryl methyl sites for hydroxylation is 2. The second-order valence-electron chi connectivity index (χ2n) is 6.49. The van der Waals surface area contributed by atoms with Crippen LogP contribution in [0, 0.1) is 13.8 Å². The fraction of sp³-hybridized carbons (Fsp3) is 0.227. The van der Waals surface area contributed by atoms with Gasteiger partial charge < -0.3 is 5.32 Å². The predicted octanol–water partition coefficient (Wildman–Crippen LogP) is 3.68. The molecule has 2 aromatic carbocycles. The Kier molecular flexibility index (Phi) is 5.50. The van der Waals surface area contributed by atoms with Gasteiger partial charge in [-0.2, -0.15) is 5.10 Å². The van der Waals surface area contributed by atoms with Crippen molar-refractivity contribution < 1.29 is 9.59 Å². The molecule has 0 saturated carbocycles.